The molecule has 0 aliphatic rings. The van der Waals surface area contributed by atoms with Crippen LogP contribution < -0.4 is 20.6 Å². The molecule has 1 heterocycles. The summed E-state index contributed by atoms with van der Waals surface area (Å²) in [5, 5.41) is 27.3. The van der Waals surface area contributed by atoms with E-state index in [4.69, 9.17) is 4.84 Å². The van der Waals surface area contributed by atoms with Crippen molar-refractivity contribution in [3.63, 3.8) is 0 Å². The zero-order valence-corrected chi connectivity index (χ0v) is 28.7. The van der Waals surface area contributed by atoms with Gasteiger partial charge in [-0.3, -0.25) is 14.4 Å². The van der Waals surface area contributed by atoms with E-state index in [0.29, 0.717) is 22.8 Å². The van der Waals surface area contributed by atoms with Gasteiger partial charge in [-0.05, 0) is 37.1 Å². The van der Waals surface area contributed by atoms with Gasteiger partial charge in [-0.15, -0.1) is 0 Å². The van der Waals surface area contributed by atoms with Crippen LogP contribution in [-0.2, 0) is 20.8 Å². The van der Waals surface area contributed by atoms with Crippen molar-refractivity contribution in [1.82, 2.24) is 4.68 Å². The zero-order chi connectivity index (χ0) is 34.6. The molecule has 2 aromatic carbocycles. The van der Waals surface area contributed by atoms with Gasteiger partial charge in [0.05, 0.1) is 5.69 Å². The topological polar surface area (TPSA) is 133 Å². The molecule has 3 aromatic rings. The van der Waals surface area contributed by atoms with Gasteiger partial charge in [0, 0.05) is 24.2 Å². The van der Waals surface area contributed by atoms with Crippen LogP contribution in [0.15, 0.2) is 60.7 Å². The van der Waals surface area contributed by atoms with E-state index in [2.05, 4.69) is 17.6 Å². The van der Waals surface area contributed by atoms with E-state index in [1.54, 1.807) is 42.5 Å². The van der Waals surface area contributed by atoms with E-state index in [-0.39, 0.29) is 23.2 Å². The van der Waals surface area contributed by atoms with Crippen LogP contribution in [0.3, 0.4) is 0 Å². The Balaban J connectivity index is 1.43. The second-order valence-electron chi connectivity index (χ2n) is 12.4. The fourth-order valence-electron chi connectivity index (χ4n) is 5.63. The first-order valence-electron chi connectivity index (χ1n) is 17.7. The maximum absolute atomic E-state index is 12.6. The molecule has 10 heteroatoms. The summed E-state index contributed by atoms with van der Waals surface area (Å²) in [6, 6.07) is 16.2. The van der Waals surface area contributed by atoms with Crippen molar-refractivity contribution in [2.45, 2.75) is 123 Å². The number of anilines is 2. The van der Waals surface area contributed by atoms with Gasteiger partial charge in [-0.1, -0.05) is 139 Å². The Labute approximate surface area is 285 Å². The average Bonchev–Trinajstić information content (AvgIpc) is 3.35. The SMILES string of the molecule is CCCCCCCCCCCCCCCCCCc1cc(O)n(N(Oc2ccccc2NC(=O)C(=O)Nc2ccccc2)C(C)=O)c1O. The number of carbonyl (C=O) groups is 3. The number of nitrogens with one attached hydrogen (secondary N) is 2. The fourth-order valence-corrected chi connectivity index (χ4v) is 5.63. The summed E-state index contributed by atoms with van der Waals surface area (Å²) in [6.07, 6.45) is 20.8. The molecule has 0 aliphatic carbocycles. The number of rotatable bonds is 22. The molecular weight excluding hydrogens is 608 g/mol. The van der Waals surface area contributed by atoms with E-state index < -0.39 is 17.7 Å². The summed E-state index contributed by atoms with van der Waals surface area (Å²) in [4.78, 5) is 43.5. The lowest BCUT2D eigenvalue weighted by molar-refractivity contribution is -0.133. The Hall–Kier alpha value is -4.47. The summed E-state index contributed by atoms with van der Waals surface area (Å²) >= 11 is 0. The molecule has 4 N–H and O–H groups in total. The van der Waals surface area contributed by atoms with Crippen LogP contribution in [0.4, 0.5) is 11.4 Å². The number of aromatic hydroxyl groups is 2. The molecule has 262 valence electrons. The summed E-state index contributed by atoms with van der Waals surface area (Å²) in [7, 11) is 0. The fraction of sp³-hybridized carbons (Fsp3) is 0.500. The van der Waals surface area contributed by atoms with Crippen LogP contribution in [0.2, 0.25) is 0 Å². The number of hydrogen-bond acceptors (Lipinski definition) is 6. The predicted octanol–water partition coefficient (Wildman–Crippen LogP) is 8.76. The third-order valence-corrected chi connectivity index (χ3v) is 8.32. The lowest BCUT2D eigenvalue weighted by Gasteiger charge is -2.24. The molecule has 3 amide bonds. The molecule has 10 nitrogen and oxygen atoms in total. The third kappa shape index (κ3) is 13.0. The Kier molecular flexibility index (Phi) is 16.9. The lowest BCUT2D eigenvalue weighted by Crippen LogP contribution is -2.41. The highest BCUT2D eigenvalue weighted by atomic mass is 16.7. The number of unbranched alkanes of at least 4 members (excludes halogenated alkanes) is 15. The second kappa shape index (κ2) is 21.4. The van der Waals surface area contributed by atoms with Crippen molar-refractivity contribution in [3.05, 3.63) is 66.2 Å². The van der Waals surface area contributed by atoms with E-state index in [9.17, 15) is 24.6 Å². The van der Waals surface area contributed by atoms with E-state index in [0.717, 1.165) is 23.9 Å². The minimum absolute atomic E-state index is 0.0143. The van der Waals surface area contributed by atoms with Crippen molar-refractivity contribution >= 4 is 29.1 Å². The number of amides is 3. The smallest absolute Gasteiger partial charge is 0.314 e. The average molecular weight is 663 g/mol. The highest BCUT2D eigenvalue weighted by Crippen LogP contribution is 2.32. The van der Waals surface area contributed by atoms with Gasteiger partial charge < -0.3 is 25.7 Å². The van der Waals surface area contributed by atoms with Gasteiger partial charge in [0.15, 0.2) is 5.75 Å². The van der Waals surface area contributed by atoms with Crippen LogP contribution in [0.25, 0.3) is 0 Å². The molecule has 0 fully saturated rings. The van der Waals surface area contributed by atoms with Gasteiger partial charge in [0.2, 0.25) is 11.8 Å². The minimum Gasteiger partial charge on any atom is -0.493 e. The van der Waals surface area contributed by atoms with Crippen molar-refractivity contribution in [2.75, 3.05) is 15.8 Å². The molecular formula is C38H54N4O6. The normalized spacial score (nSPS) is 10.9. The summed E-state index contributed by atoms with van der Waals surface area (Å²) < 4.78 is 0.880. The minimum atomic E-state index is -0.947. The Morgan fingerprint density at radius 2 is 1.19 bits per heavy atom. The lowest BCUT2D eigenvalue weighted by atomic mass is 10.0. The van der Waals surface area contributed by atoms with Gasteiger partial charge in [0.25, 0.3) is 5.91 Å². The zero-order valence-electron chi connectivity index (χ0n) is 28.7. The van der Waals surface area contributed by atoms with Gasteiger partial charge in [0.1, 0.15) is 0 Å². The number of aryl methyl sites for hydroxylation is 1. The van der Waals surface area contributed by atoms with Crippen molar-refractivity contribution in [1.29, 1.82) is 0 Å². The van der Waals surface area contributed by atoms with E-state index in [1.165, 1.54) is 109 Å². The first-order valence-corrected chi connectivity index (χ1v) is 17.7. The molecule has 0 saturated carbocycles. The van der Waals surface area contributed by atoms with Crippen LogP contribution >= 0.6 is 0 Å². The maximum atomic E-state index is 12.6. The van der Waals surface area contributed by atoms with Gasteiger partial charge >= 0.3 is 11.8 Å². The molecule has 0 atom stereocenters. The monoisotopic (exact) mass is 662 g/mol. The van der Waals surface area contributed by atoms with Crippen LogP contribution in [-0.4, -0.2) is 32.6 Å². The standard InChI is InChI=1S/C38H54N4O6/c1-3-4-5-6-7-8-9-10-11-12-13-14-15-16-17-19-24-31-29-35(44)41(38(31)47)42(30(2)43)48-34-28-23-22-27-33(34)40-37(46)36(45)39-32-25-20-18-21-26-32/h18,20-23,25-29,44,47H,3-17,19,24H2,1-2H3,(H,39,45)(H,40,46). The number of hydrogen-bond donors (Lipinski definition) is 4. The largest absolute Gasteiger partial charge is 0.493 e. The molecule has 48 heavy (non-hydrogen) atoms. The molecule has 0 bridgehead atoms. The maximum Gasteiger partial charge on any atom is 0.314 e. The highest BCUT2D eigenvalue weighted by Gasteiger charge is 2.25. The highest BCUT2D eigenvalue weighted by molar-refractivity contribution is 6.43. The molecule has 0 radical (unpaired) electrons. The van der Waals surface area contributed by atoms with Crippen LogP contribution in [0.5, 0.6) is 17.5 Å². The summed E-state index contributed by atoms with van der Waals surface area (Å²) in [5.74, 6) is -3.16. The Morgan fingerprint density at radius 1 is 0.688 bits per heavy atom. The molecule has 1 aromatic heterocycles. The molecule has 0 saturated heterocycles. The van der Waals surface area contributed by atoms with E-state index >= 15 is 0 Å². The van der Waals surface area contributed by atoms with Crippen molar-refractivity contribution in [2.24, 2.45) is 0 Å². The van der Waals surface area contributed by atoms with Crippen LogP contribution in [0.1, 0.15) is 122 Å². The van der Waals surface area contributed by atoms with E-state index in [1.807, 2.05) is 0 Å². The quantitative estimate of drug-likeness (QED) is 0.0483. The Morgan fingerprint density at radius 3 is 1.75 bits per heavy atom. The molecule has 0 spiro atoms. The second-order valence-corrected chi connectivity index (χ2v) is 12.4. The molecule has 3 rings (SSSR count). The summed E-state index contributed by atoms with van der Waals surface area (Å²) in [6.45, 7) is 3.47. The van der Waals surface area contributed by atoms with Gasteiger partial charge in [-0.2, -0.15) is 4.68 Å². The first kappa shape index (κ1) is 38.0. The first-order chi connectivity index (χ1) is 23.3. The Bertz CT molecular complexity index is 1410. The van der Waals surface area contributed by atoms with Crippen molar-refractivity contribution in [3.8, 4) is 17.5 Å². The van der Waals surface area contributed by atoms with Crippen molar-refractivity contribution < 1.29 is 29.4 Å². The van der Waals surface area contributed by atoms with Crippen LogP contribution in [0, 0.1) is 0 Å². The number of carbonyl (C=O) groups excluding carboxylic acids is 3. The molecule has 0 unspecified atom stereocenters. The predicted molar refractivity (Wildman–Crippen MR) is 191 cm³/mol. The van der Waals surface area contributed by atoms with Gasteiger partial charge in [-0.25, -0.2) is 0 Å². The third-order valence-electron chi connectivity index (χ3n) is 8.32. The summed E-state index contributed by atoms with van der Waals surface area (Å²) in [5.41, 5.74) is 1.06. The molecule has 0 aliphatic heterocycles. The number of nitrogens with zero attached hydrogens (tertiary/aromatic N) is 2. The number of benzene rings is 2. The number of aromatic nitrogens is 1. The number of para-hydroxylation sites is 3. The number of hydroxylamine groups is 1.